The molecule has 7 nitrogen and oxygen atoms in total. The highest BCUT2D eigenvalue weighted by molar-refractivity contribution is 5.97. The van der Waals surface area contributed by atoms with Crippen molar-refractivity contribution in [2.45, 2.75) is 13.0 Å². The molecule has 0 unspecified atom stereocenters. The van der Waals surface area contributed by atoms with Crippen LogP contribution in [0.25, 0.3) is 16.9 Å². The van der Waals surface area contributed by atoms with Gasteiger partial charge in [-0.2, -0.15) is 10.4 Å². The Balaban J connectivity index is 2.18. The zero-order valence-corrected chi connectivity index (χ0v) is 15.7. The first-order valence-electron chi connectivity index (χ1n) is 8.55. The van der Waals surface area contributed by atoms with Crippen molar-refractivity contribution in [3.8, 4) is 34.5 Å². The van der Waals surface area contributed by atoms with E-state index < -0.39 is 12.1 Å². The second-order valence-corrected chi connectivity index (χ2v) is 5.91. The summed E-state index contributed by atoms with van der Waals surface area (Å²) in [7, 11) is 3.09. The number of ether oxygens (including phenoxy) is 3. The molecule has 0 amide bonds. The molecule has 0 radical (unpaired) electrons. The van der Waals surface area contributed by atoms with Crippen LogP contribution in [0.4, 0.5) is 0 Å². The molecule has 3 rings (SSSR count). The van der Waals surface area contributed by atoms with Crippen molar-refractivity contribution in [1.29, 1.82) is 5.26 Å². The summed E-state index contributed by atoms with van der Waals surface area (Å²) in [6.45, 7) is 1.51. The van der Waals surface area contributed by atoms with Gasteiger partial charge in [0.25, 0.3) is 0 Å². The standard InChI is InChI=1S/C21H19N3O4/c1-14(12-22)28-21(25)18-13-24(15-7-5-4-6-8-15)23-20(18)17-11-16(26-2)9-10-19(17)27-3/h4-11,13-14H,1-3H3/t14-/m1/s1. The van der Waals surface area contributed by atoms with E-state index in [9.17, 15) is 4.79 Å². The molecule has 0 N–H and O–H groups in total. The number of aromatic nitrogens is 2. The summed E-state index contributed by atoms with van der Waals surface area (Å²) in [4.78, 5) is 12.7. The van der Waals surface area contributed by atoms with Crippen LogP contribution in [-0.2, 0) is 4.74 Å². The number of carbonyl (C=O) groups excluding carboxylic acids is 1. The number of esters is 1. The molecule has 142 valence electrons. The molecule has 0 fully saturated rings. The van der Waals surface area contributed by atoms with Crippen molar-refractivity contribution >= 4 is 5.97 Å². The molecule has 0 bridgehead atoms. The zero-order chi connectivity index (χ0) is 20.1. The van der Waals surface area contributed by atoms with Crippen LogP contribution < -0.4 is 9.47 Å². The Kier molecular flexibility index (Phi) is 5.61. The monoisotopic (exact) mass is 377 g/mol. The second kappa shape index (κ2) is 8.27. The third-order valence-electron chi connectivity index (χ3n) is 4.08. The molecule has 28 heavy (non-hydrogen) atoms. The van der Waals surface area contributed by atoms with E-state index in [2.05, 4.69) is 5.10 Å². The summed E-state index contributed by atoms with van der Waals surface area (Å²) >= 11 is 0. The number of benzene rings is 2. The van der Waals surface area contributed by atoms with Crippen molar-refractivity contribution in [2.24, 2.45) is 0 Å². The highest BCUT2D eigenvalue weighted by Gasteiger charge is 2.24. The molecule has 1 aromatic heterocycles. The maximum atomic E-state index is 12.7. The molecular weight excluding hydrogens is 358 g/mol. The molecule has 0 saturated heterocycles. The molecular formula is C21H19N3O4. The van der Waals surface area contributed by atoms with Crippen molar-refractivity contribution in [3.05, 3.63) is 60.3 Å². The van der Waals surface area contributed by atoms with Crippen molar-refractivity contribution < 1.29 is 19.0 Å². The Bertz CT molecular complexity index is 1020. The predicted molar refractivity (Wildman–Crippen MR) is 103 cm³/mol. The number of rotatable bonds is 6. The molecule has 0 saturated carbocycles. The van der Waals surface area contributed by atoms with Crippen LogP contribution in [0, 0.1) is 11.3 Å². The van der Waals surface area contributed by atoms with Gasteiger partial charge in [-0.15, -0.1) is 0 Å². The first kappa shape index (κ1) is 19.0. The summed E-state index contributed by atoms with van der Waals surface area (Å²) in [5.74, 6) is 0.479. The maximum absolute atomic E-state index is 12.7. The number of para-hydroxylation sites is 1. The molecule has 0 aliphatic heterocycles. The molecule has 0 aliphatic rings. The Labute approximate surface area is 162 Å². The van der Waals surface area contributed by atoms with Crippen molar-refractivity contribution in [1.82, 2.24) is 9.78 Å². The zero-order valence-electron chi connectivity index (χ0n) is 15.7. The Morgan fingerprint density at radius 1 is 1.14 bits per heavy atom. The number of carbonyl (C=O) groups is 1. The number of methoxy groups -OCH3 is 2. The highest BCUT2D eigenvalue weighted by atomic mass is 16.5. The molecule has 7 heteroatoms. The van der Waals surface area contributed by atoms with Gasteiger partial charge in [0.05, 0.1) is 19.9 Å². The van der Waals surface area contributed by atoms with Gasteiger partial charge in [-0.25, -0.2) is 9.48 Å². The SMILES string of the molecule is COc1ccc(OC)c(-c2nn(-c3ccccc3)cc2C(=O)O[C@H](C)C#N)c1. The molecule has 3 aromatic rings. The first-order chi connectivity index (χ1) is 13.6. The van der Waals surface area contributed by atoms with Crippen LogP contribution in [0.15, 0.2) is 54.7 Å². The number of nitrogens with zero attached hydrogens (tertiary/aromatic N) is 3. The van der Waals surface area contributed by atoms with Crippen LogP contribution in [0.1, 0.15) is 17.3 Å². The Hall–Kier alpha value is -3.79. The fourth-order valence-corrected chi connectivity index (χ4v) is 2.68. The van der Waals surface area contributed by atoms with E-state index in [4.69, 9.17) is 19.5 Å². The molecule has 0 spiro atoms. The lowest BCUT2D eigenvalue weighted by atomic mass is 10.1. The van der Waals surface area contributed by atoms with Gasteiger partial charge in [0.2, 0.25) is 0 Å². The lowest BCUT2D eigenvalue weighted by Gasteiger charge is -2.10. The van der Waals surface area contributed by atoms with Crippen LogP contribution in [0.2, 0.25) is 0 Å². The molecule has 1 heterocycles. The fraction of sp³-hybridized carbons (Fsp3) is 0.190. The quantitative estimate of drug-likeness (QED) is 0.610. The predicted octanol–water partition coefficient (Wildman–Crippen LogP) is 3.63. The minimum absolute atomic E-state index is 0.220. The van der Waals surface area contributed by atoms with Crippen LogP contribution in [-0.4, -0.2) is 36.1 Å². The smallest absolute Gasteiger partial charge is 0.343 e. The van der Waals surface area contributed by atoms with Gasteiger partial charge in [-0.1, -0.05) is 18.2 Å². The largest absolute Gasteiger partial charge is 0.497 e. The number of nitriles is 1. The summed E-state index contributed by atoms with van der Waals surface area (Å²) in [6, 6.07) is 16.5. The third kappa shape index (κ3) is 3.81. The Morgan fingerprint density at radius 2 is 1.89 bits per heavy atom. The average Bonchev–Trinajstić information content (AvgIpc) is 3.19. The lowest BCUT2D eigenvalue weighted by molar-refractivity contribution is 0.0436. The van der Waals surface area contributed by atoms with E-state index in [1.54, 1.807) is 36.2 Å². The van der Waals surface area contributed by atoms with E-state index in [0.717, 1.165) is 5.69 Å². The summed E-state index contributed by atoms with van der Waals surface area (Å²) in [6.07, 6.45) is 0.698. The van der Waals surface area contributed by atoms with Gasteiger partial charge in [0.1, 0.15) is 28.8 Å². The maximum Gasteiger partial charge on any atom is 0.343 e. The minimum atomic E-state index is -0.882. The second-order valence-electron chi connectivity index (χ2n) is 5.91. The first-order valence-corrected chi connectivity index (χ1v) is 8.55. The molecule has 2 aromatic carbocycles. The Morgan fingerprint density at radius 3 is 2.54 bits per heavy atom. The van der Waals surface area contributed by atoms with E-state index >= 15 is 0 Å². The highest BCUT2D eigenvalue weighted by Crippen LogP contribution is 2.35. The van der Waals surface area contributed by atoms with Crippen molar-refractivity contribution in [2.75, 3.05) is 14.2 Å². The third-order valence-corrected chi connectivity index (χ3v) is 4.08. The normalized spacial score (nSPS) is 11.4. The van der Waals surface area contributed by atoms with Crippen LogP contribution >= 0.6 is 0 Å². The summed E-state index contributed by atoms with van der Waals surface area (Å²) in [5, 5.41) is 13.6. The van der Waals surface area contributed by atoms with E-state index in [0.29, 0.717) is 22.8 Å². The van der Waals surface area contributed by atoms with Crippen LogP contribution in [0.5, 0.6) is 11.5 Å². The molecule has 1 atom stereocenters. The van der Waals surface area contributed by atoms with E-state index in [-0.39, 0.29) is 5.56 Å². The number of hydrogen-bond acceptors (Lipinski definition) is 6. The topological polar surface area (TPSA) is 86.4 Å². The van der Waals surface area contributed by atoms with Gasteiger partial charge in [0, 0.05) is 11.8 Å². The lowest BCUT2D eigenvalue weighted by Crippen LogP contribution is -2.13. The van der Waals surface area contributed by atoms with Gasteiger partial charge in [0.15, 0.2) is 6.10 Å². The number of hydrogen-bond donors (Lipinski definition) is 0. The van der Waals surface area contributed by atoms with Gasteiger partial charge in [-0.3, -0.25) is 0 Å². The van der Waals surface area contributed by atoms with Gasteiger partial charge < -0.3 is 14.2 Å². The average molecular weight is 377 g/mol. The van der Waals surface area contributed by atoms with Crippen LogP contribution in [0.3, 0.4) is 0 Å². The summed E-state index contributed by atoms with van der Waals surface area (Å²) in [5.41, 5.74) is 1.94. The van der Waals surface area contributed by atoms with E-state index in [1.807, 2.05) is 36.4 Å². The molecule has 0 aliphatic carbocycles. The fourth-order valence-electron chi connectivity index (χ4n) is 2.68. The summed E-state index contributed by atoms with van der Waals surface area (Å²) < 4.78 is 17.5. The van der Waals surface area contributed by atoms with Gasteiger partial charge in [-0.05, 0) is 37.3 Å². The minimum Gasteiger partial charge on any atom is -0.497 e. The van der Waals surface area contributed by atoms with Gasteiger partial charge >= 0.3 is 5.97 Å². The van der Waals surface area contributed by atoms with E-state index in [1.165, 1.54) is 14.0 Å². The van der Waals surface area contributed by atoms with Crippen molar-refractivity contribution in [3.63, 3.8) is 0 Å².